The van der Waals surface area contributed by atoms with E-state index in [1.54, 1.807) is 0 Å². The fraction of sp³-hybridized carbons (Fsp3) is 1.00. The molecule has 0 radical (unpaired) electrons. The monoisotopic (exact) mass is 260 g/mol. The molecule has 17 heavy (non-hydrogen) atoms. The molecule has 0 heterocycles. The zero-order chi connectivity index (χ0) is 13.7. The normalized spacial score (nSPS) is 19.1. The van der Waals surface area contributed by atoms with E-state index in [4.69, 9.17) is 0 Å². The third kappa shape index (κ3) is 3.91. The van der Waals surface area contributed by atoms with Gasteiger partial charge in [0.15, 0.2) is 0 Å². The van der Waals surface area contributed by atoms with Gasteiger partial charge >= 0.3 is 0 Å². The van der Waals surface area contributed by atoms with Crippen molar-refractivity contribution in [3.63, 3.8) is 0 Å². The fourth-order valence-electron chi connectivity index (χ4n) is 3.60. The van der Waals surface area contributed by atoms with Crippen LogP contribution in [0.15, 0.2) is 0 Å². The largest absolute Gasteiger partial charge is 0.241 e. The Bertz CT molecular complexity index is 208. The van der Waals surface area contributed by atoms with Crippen molar-refractivity contribution in [2.75, 3.05) is 18.3 Å². The van der Waals surface area contributed by atoms with Crippen molar-refractivity contribution < 1.29 is 0 Å². The second-order valence-corrected chi connectivity index (χ2v) is 10.8. The first kappa shape index (κ1) is 17.4. The van der Waals surface area contributed by atoms with E-state index in [9.17, 15) is 0 Å². The van der Waals surface area contributed by atoms with Gasteiger partial charge in [-0.15, -0.1) is 0 Å². The molecule has 0 aromatic rings. The summed E-state index contributed by atoms with van der Waals surface area (Å²) in [6.07, 6.45) is 10.6. The molecule has 0 spiro atoms. The molecule has 0 aliphatic carbocycles. The minimum atomic E-state index is -0.507. The SMILES string of the molecule is CCCC(CC)(C(C)C)S(C)(C)CC(C)CC. The summed E-state index contributed by atoms with van der Waals surface area (Å²) < 4.78 is 0.602. The van der Waals surface area contributed by atoms with Crippen LogP contribution in [0.3, 0.4) is 0 Å². The van der Waals surface area contributed by atoms with Crippen LogP contribution < -0.4 is 0 Å². The average Bonchev–Trinajstić information content (AvgIpc) is 2.24. The third-order valence-corrected chi connectivity index (χ3v) is 9.39. The minimum Gasteiger partial charge on any atom is -0.241 e. The van der Waals surface area contributed by atoms with Crippen molar-refractivity contribution in [1.29, 1.82) is 0 Å². The molecule has 106 valence electrons. The molecule has 0 amide bonds. The number of hydrogen-bond donors (Lipinski definition) is 0. The standard InChI is InChI=1S/C16H36S/c1-9-12-16(11-3,14(4)5)17(7,8)13-15(6)10-2/h14-15H,9-13H2,1-8H3. The highest BCUT2D eigenvalue weighted by atomic mass is 32.3. The molecule has 0 aliphatic rings. The lowest BCUT2D eigenvalue weighted by Crippen LogP contribution is -2.41. The quantitative estimate of drug-likeness (QED) is 0.525. The first-order valence-electron chi connectivity index (χ1n) is 7.47. The predicted molar refractivity (Wildman–Crippen MR) is 86.5 cm³/mol. The first-order valence-corrected chi connectivity index (χ1v) is 10.1. The van der Waals surface area contributed by atoms with Gasteiger partial charge in [-0.1, -0.05) is 54.4 Å². The van der Waals surface area contributed by atoms with Gasteiger partial charge in [0.05, 0.1) is 0 Å². The van der Waals surface area contributed by atoms with Crippen molar-refractivity contribution in [3.05, 3.63) is 0 Å². The molecule has 0 saturated heterocycles. The summed E-state index contributed by atoms with van der Waals surface area (Å²) in [5, 5.41) is 0. The van der Waals surface area contributed by atoms with Gasteiger partial charge in [0.1, 0.15) is 0 Å². The zero-order valence-corrected chi connectivity index (χ0v) is 14.4. The first-order chi connectivity index (χ1) is 7.77. The van der Waals surface area contributed by atoms with Crippen LogP contribution in [-0.4, -0.2) is 23.0 Å². The molecule has 0 aromatic carbocycles. The van der Waals surface area contributed by atoms with Gasteiger partial charge in [0.25, 0.3) is 0 Å². The lowest BCUT2D eigenvalue weighted by Gasteiger charge is -2.55. The number of hydrogen-bond acceptors (Lipinski definition) is 0. The molecule has 0 aliphatic heterocycles. The third-order valence-electron chi connectivity index (χ3n) is 4.82. The van der Waals surface area contributed by atoms with Crippen LogP contribution in [0.25, 0.3) is 0 Å². The van der Waals surface area contributed by atoms with E-state index in [-0.39, 0.29) is 0 Å². The molecule has 0 bridgehead atoms. The molecule has 0 fully saturated rings. The van der Waals surface area contributed by atoms with Crippen LogP contribution in [0.4, 0.5) is 0 Å². The molecule has 0 nitrogen and oxygen atoms in total. The van der Waals surface area contributed by atoms with Crippen molar-refractivity contribution >= 4 is 10.0 Å². The maximum Gasteiger partial charge on any atom is 0.00180 e. The Kier molecular flexibility index (Phi) is 7.21. The van der Waals surface area contributed by atoms with Gasteiger partial charge in [0.2, 0.25) is 0 Å². The summed E-state index contributed by atoms with van der Waals surface area (Å²) in [4.78, 5) is 0. The summed E-state index contributed by atoms with van der Waals surface area (Å²) in [6, 6.07) is 0. The topological polar surface area (TPSA) is 0 Å². The highest BCUT2D eigenvalue weighted by molar-refractivity contribution is 8.33. The molecule has 0 aromatic heterocycles. The lowest BCUT2D eigenvalue weighted by molar-refractivity contribution is 0.384. The van der Waals surface area contributed by atoms with Gasteiger partial charge in [-0.3, -0.25) is 0 Å². The van der Waals surface area contributed by atoms with Gasteiger partial charge < -0.3 is 0 Å². The Morgan fingerprint density at radius 2 is 1.53 bits per heavy atom. The van der Waals surface area contributed by atoms with Crippen molar-refractivity contribution in [1.82, 2.24) is 0 Å². The zero-order valence-electron chi connectivity index (χ0n) is 13.6. The molecule has 2 atom stereocenters. The van der Waals surface area contributed by atoms with Crippen LogP contribution >= 0.6 is 10.0 Å². The van der Waals surface area contributed by atoms with Crippen LogP contribution in [0.2, 0.25) is 0 Å². The Hall–Kier alpha value is 0.350. The Morgan fingerprint density at radius 1 is 1.00 bits per heavy atom. The molecular weight excluding hydrogens is 224 g/mol. The fourth-order valence-corrected chi connectivity index (χ4v) is 8.40. The average molecular weight is 261 g/mol. The number of rotatable bonds is 8. The van der Waals surface area contributed by atoms with Crippen LogP contribution in [0, 0.1) is 11.8 Å². The van der Waals surface area contributed by atoms with Gasteiger partial charge in [-0.05, 0) is 42.9 Å². The molecule has 0 saturated carbocycles. The Morgan fingerprint density at radius 3 is 1.82 bits per heavy atom. The second kappa shape index (κ2) is 7.07. The van der Waals surface area contributed by atoms with E-state index < -0.39 is 10.0 Å². The van der Waals surface area contributed by atoms with Crippen molar-refractivity contribution in [3.8, 4) is 0 Å². The second-order valence-electron chi connectivity index (χ2n) is 6.54. The summed E-state index contributed by atoms with van der Waals surface area (Å²) in [5.41, 5.74) is 0. The smallest absolute Gasteiger partial charge is 0.00180 e. The van der Waals surface area contributed by atoms with Gasteiger partial charge in [-0.2, -0.15) is 0 Å². The molecule has 0 N–H and O–H groups in total. The predicted octanol–water partition coefficient (Wildman–Crippen LogP) is 5.70. The van der Waals surface area contributed by atoms with Crippen LogP contribution in [-0.2, 0) is 0 Å². The molecule has 2 unspecified atom stereocenters. The molecular formula is C16H36S. The Labute approximate surface area is 112 Å². The van der Waals surface area contributed by atoms with E-state index >= 15 is 0 Å². The summed E-state index contributed by atoms with van der Waals surface area (Å²) in [5.74, 6) is 3.17. The summed E-state index contributed by atoms with van der Waals surface area (Å²) in [6.45, 7) is 14.4. The van der Waals surface area contributed by atoms with Crippen LogP contribution in [0.5, 0.6) is 0 Å². The Balaban J connectivity index is 5.12. The van der Waals surface area contributed by atoms with Gasteiger partial charge in [-0.25, -0.2) is 10.0 Å². The van der Waals surface area contributed by atoms with E-state index in [0.29, 0.717) is 4.75 Å². The summed E-state index contributed by atoms with van der Waals surface area (Å²) in [7, 11) is -0.507. The summed E-state index contributed by atoms with van der Waals surface area (Å²) >= 11 is 0. The van der Waals surface area contributed by atoms with E-state index in [2.05, 4.69) is 54.1 Å². The highest BCUT2D eigenvalue weighted by Crippen LogP contribution is 2.61. The van der Waals surface area contributed by atoms with Crippen molar-refractivity contribution in [2.45, 2.75) is 72.0 Å². The maximum absolute atomic E-state index is 2.60. The van der Waals surface area contributed by atoms with Crippen LogP contribution in [0.1, 0.15) is 67.2 Å². The maximum atomic E-state index is 2.60. The van der Waals surface area contributed by atoms with E-state index in [1.807, 2.05) is 0 Å². The van der Waals surface area contributed by atoms with Gasteiger partial charge in [0, 0.05) is 4.75 Å². The van der Waals surface area contributed by atoms with Crippen molar-refractivity contribution in [2.24, 2.45) is 11.8 Å². The minimum absolute atomic E-state index is 0.507. The van der Waals surface area contributed by atoms with E-state index in [0.717, 1.165) is 11.8 Å². The lowest BCUT2D eigenvalue weighted by atomic mass is 9.88. The molecule has 0 rings (SSSR count). The van der Waals surface area contributed by atoms with E-state index in [1.165, 1.54) is 31.4 Å². The molecule has 1 heteroatoms. The highest BCUT2D eigenvalue weighted by Gasteiger charge is 2.41.